The fraction of sp³-hybridized carbons (Fsp3) is 0.350. The van der Waals surface area contributed by atoms with Crippen molar-refractivity contribution in [2.75, 3.05) is 39.3 Å². The molecule has 0 bridgehead atoms. The van der Waals surface area contributed by atoms with E-state index >= 15 is 0 Å². The van der Waals surface area contributed by atoms with Gasteiger partial charge in [0, 0.05) is 24.3 Å². The lowest BCUT2D eigenvalue weighted by Gasteiger charge is -2.12. The summed E-state index contributed by atoms with van der Waals surface area (Å²) in [6.45, 7) is 1.73. The number of aliphatic hydroxyl groups excluding tert-OH is 1. The van der Waals surface area contributed by atoms with E-state index < -0.39 is 0 Å². The molecular weight excluding hydrogens is 348 g/mol. The van der Waals surface area contributed by atoms with Crippen LogP contribution in [0.15, 0.2) is 42.5 Å². The van der Waals surface area contributed by atoms with Crippen molar-refractivity contribution in [3.8, 4) is 17.2 Å². The lowest BCUT2D eigenvalue weighted by molar-refractivity contribution is -0.671. The first kappa shape index (κ1) is 20.5. The number of nitrogens with two attached hydrogens (primary N) is 1. The molecule has 0 saturated heterocycles. The minimum Gasteiger partial charge on any atom is -0.497 e. The number of aliphatic hydroxyl groups is 1. The van der Waals surface area contributed by atoms with Crippen molar-refractivity contribution in [1.82, 2.24) is 0 Å². The van der Waals surface area contributed by atoms with Crippen molar-refractivity contribution < 1.29 is 29.4 Å². The highest BCUT2D eigenvalue weighted by Gasteiger charge is 2.10. The lowest BCUT2D eigenvalue weighted by Crippen LogP contribution is -2.82. The number of amides is 1. The van der Waals surface area contributed by atoms with Crippen LogP contribution in [-0.4, -0.2) is 45.0 Å². The predicted octanol–water partition coefficient (Wildman–Crippen LogP) is 1.17. The van der Waals surface area contributed by atoms with E-state index in [4.69, 9.17) is 19.3 Å². The quantitative estimate of drug-likeness (QED) is 0.513. The van der Waals surface area contributed by atoms with Crippen molar-refractivity contribution >= 4 is 11.6 Å². The topological polar surface area (TPSA) is 93.6 Å². The van der Waals surface area contributed by atoms with Crippen LogP contribution in [0.25, 0.3) is 0 Å². The van der Waals surface area contributed by atoms with E-state index in [0.29, 0.717) is 17.2 Å². The Morgan fingerprint density at radius 3 is 2.52 bits per heavy atom. The molecule has 0 heterocycles. The third kappa shape index (κ3) is 6.80. The van der Waals surface area contributed by atoms with Crippen LogP contribution < -0.4 is 24.8 Å². The third-order valence-corrected chi connectivity index (χ3v) is 3.91. The zero-order valence-electron chi connectivity index (χ0n) is 15.7. The summed E-state index contributed by atoms with van der Waals surface area (Å²) in [4.78, 5) is 12.1. The summed E-state index contributed by atoms with van der Waals surface area (Å²) in [5.74, 6) is 1.56. The van der Waals surface area contributed by atoms with Crippen LogP contribution in [0, 0.1) is 0 Å². The van der Waals surface area contributed by atoms with Crippen molar-refractivity contribution in [3.05, 3.63) is 48.0 Å². The van der Waals surface area contributed by atoms with Gasteiger partial charge in [0.2, 0.25) is 0 Å². The highest BCUT2D eigenvalue weighted by Crippen LogP contribution is 2.27. The number of nitrogens with one attached hydrogen (secondary N) is 1. The number of anilines is 1. The van der Waals surface area contributed by atoms with E-state index in [1.165, 1.54) is 0 Å². The first-order valence-corrected chi connectivity index (χ1v) is 8.82. The van der Waals surface area contributed by atoms with Crippen LogP contribution in [0.5, 0.6) is 17.2 Å². The maximum Gasteiger partial charge on any atom is 0.262 e. The van der Waals surface area contributed by atoms with Gasteiger partial charge in [0.1, 0.15) is 12.3 Å². The molecule has 7 heteroatoms. The molecule has 0 atom stereocenters. The van der Waals surface area contributed by atoms with Gasteiger partial charge < -0.3 is 30.0 Å². The zero-order chi connectivity index (χ0) is 19.5. The Morgan fingerprint density at radius 1 is 1.07 bits per heavy atom. The van der Waals surface area contributed by atoms with Crippen LogP contribution in [0.4, 0.5) is 5.69 Å². The molecule has 2 aromatic carbocycles. The normalized spacial score (nSPS) is 10.3. The summed E-state index contributed by atoms with van der Waals surface area (Å²) in [6, 6.07) is 12.7. The number of rotatable bonds is 11. The van der Waals surface area contributed by atoms with Gasteiger partial charge in [-0.1, -0.05) is 0 Å². The molecule has 0 spiro atoms. The van der Waals surface area contributed by atoms with E-state index in [-0.39, 0.29) is 19.1 Å². The Labute approximate surface area is 159 Å². The van der Waals surface area contributed by atoms with Gasteiger partial charge in [0.05, 0.1) is 20.8 Å². The Balaban J connectivity index is 1.86. The van der Waals surface area contributed by atoms with Gasteiger partial charge in [0.25, 0.3) is 5.91 Å². The van der Waals surface area contributed by atoms with Crippen LogP contribution in [0.3, 0.4) is 0 Å². The molecule has 7 nitrogen and oxygen atoms in total. The molecule has 0 aliphatic rings. The van der Waals surface area contributed by atoms with Crippen molar-refractivity contribution in [3.63, 3.8) is 0 Å². The molecule has 0 radical (unpaired) electrons. The average Bonchev–Trinajstić information content (AvgIpc) is 2.70. The number of quaternary nitrogens is 1. The largest absolute Gasteiger partial charge is 0.497 e. The number of carbonyl (C=O) groups is 1. The van der Waals surface area contributed by atoms with Gasteiger partial charge >= 0.3 is 0 Å². The Bertz CT molecular complexity index is 719. The minimum atomic E-state index is -0.261. The van der Waals surface area contributed by atoms with Crippen LogP contribution >= 0.6 is 0 Å². The van der Waals surface area contributed by atoms with Gasteiger partial charge in [-0.25, -0.2) is 0 Å². The Kier molecular flexibility index (Phi) is 8.41. The molecule has 0 saturated carbocycles. The van der Waals surface area contributed by atoms with Crippen LogP contribution in [-0.2, 0) is 11.3 Å². The number of ether oxygens (including phenoxy) is 3. The second kappa shape index (κ2) is 11.1. The minimum absolute atomic E-state index is 0.121. The highest BCUT2D eigenvalue weighted by atomic mass is 16.5. The van der Waals surface area contributed by atoms with E-state index in [1.54, 1.807) is 44.6 Å². The molecule has 2 rings (SSSR count). The molecule has 0 aliphatic heterocycles. The number of benzene rings is 2. The summed E-state index contributed by atoms with van der Waals surface area (Å²) in [7, 11) is 3.16. The van der Waals surface area contributed by atoms with Crippen molar-refractivity contribution in [2.24, 2.45) is 0 Å². The second-order valence-electron chi connectivity index (χ2n) is 5.91. The Hall–Kier alpha value is -2.77. The highest BCUT2D eigenvalue weighted by molar-refractivity contribution is 5.91. The molecule has 27 heavy (non-hydrogen) atoms. The molecule has 0 aliphatic carbocycles. The van der Waals surface area contributed by atoms with Crippen LogP contribution in [0.2, 0.25) is 0 Å². The number of methoxy groups -OCH3 is 2. The number of hydrogen-bond donors (Lipinski definition) is 3. The molecule has 0 aromatic heterocycles. The second-order valence-corrected chi connectivity index (χ2v) is 5.91. The predicted molar refractivity (Wildman–Crippen MR) is 102 cm³/mol. The summed E-state index contributed by atoms with van der Waals surface area (Å²) in [6.07, 6.45) is 0.766. The maximum atomic E-state index is 12.1. The number of carbonyl (C=O) groups excluding carboxylic acids is 1. The third-order valence-electron chi connectivity index (χ3n) is 3.91. The maximum absolute atomic E-state index is 12.1. The molecule has 0 unspecified atom stereocenters. The molecule has 0 fully saturated rings. The summed E-state index contributed by atoms with van der Waals surface area (Å²) >= 11 is 0. The first-order chi connectivity index (χ1) is 13.2. The standard InChI is InChI=1S/C20H26N2O5/c1-25-17-7-5-16(6-8-17)22-20(24)14-27-18-9-4-15(12-19(18)26-2)13-21-10-3-11-23/h4-9,12,21,23H,3,10-11,13-14H2,1-2H3,(H,22,24)/p+1. The zero-order valence-corrected chi connectivity index (χ0v) is 15.7. The van der Waals surface area contributed by atoms with Gasteiger partial charge in [-0.2, -0.15) is 0 Å². The molecule has 146 valence electrons. The summed E-state index contributed by atoms with van der Waals surface area (Å²) in [5.41, 5.74) is 1.75. The SMILES string of the molecule is COc1ccc(NC(=O)COc2ccc(C[NH2+]CCCO)cc2OC)cc1. The van der Waals surface area contributed by atoms with Gasteiger partial charge in [-0.15, -0.1) is 0 Å². The molecule has 1 amide bonds. The fourth-order valence-corrected chi connectivity index (χ4v) is 2.48. The average molecular weight is 375 g/mol. The summed E-state index contributed by atoms with van der Waals surface area (Å²) < 4.78 is 16.1. The van der Waals surface area contributed by atoms with E-state index in [0.717, 1.165) is 30.8 Å². The fourth-order valence-electron chi connectivity index (χ4n) is 2.48. The number of hydrogen-bond acceptors (Lipinski definition) is 5. The summed E-state index contributed by atoms with van der Waals surface area (Å²) in [5, 5.41) is 13.7. The van der Waals surface area contributed by atoms with Crippen molar-refractivity contribution in [1.29, 1.82) is 0 Å². The van der Waals surface area contributed by atoms with Gasteiger partial charge in [-0.3, -0.25) is 4.79 Å². The van der Waals surface area contributed by atoms with E-state index in [9.17, 15) is 4.79 Å². The van der Waals surface area contributed by atoms with E-state index in [1.807, 2.05) is 12.1 Å². The van der Waals surface area contributed by atoms with Crippen molar-refractivity contribution in [2.45, 2.75) is 13.0 Å². The van der Waals surface area contributed by atoms with Gasteiger partial charge in [0.15, 0.2) is 18.1 Å². The Morgan fingerprint density at radius 2 is 1.85 bits per heavy atom. The van der Waals surface area contributed by atoms with Crippen LogP contribution in [0.1, 0.15) is 12.0 Å². The molecule has 4 N–H and O–H groups in total. The van der Waals surface area contributed by atoms with Gasteiger partial charge in [-0.05, 0) is 42.5 Å². The first-order valence-electron chi connectivity index (χ1n) is 8.82. The smallest absolute Gasteiger partial charge is 0.262 e. The monoisotopic (exact) mass is 375 g/mol. The van der Waals surface area contributed by atoms with E-state index in [2.05, 4.69) is 10.6 Å². The molecular formula is C20H27N2O5+. The molecule has 2 aromatic rings. The lowest BCUT2D eigenvalue weighted by atomic mass is 10.2.